The van der Waals surface area contributed by atoms with Crippen LogP contribution >= 0.6 is 0 Å². The molecule has 23 heavy (non-hydrogen) atoms. The molecule has 0 saturated carbocycles. The van der Waals surface area contributed by atoms with Crippen LogP contribution in [0.1, 0.15) is 23.6 Å². The van der Waals surface area contributed by atoms with Crippen LogP contribution in [0.4, 0.5) is 0 Å². The zero-order valence-electron chi connectivity index (χ0n) is 13.3. The Morgan fingerprint density at radius 1 is 0.739 bits per heavy atom. The number of fused-ring (bicyclic) bond motifs is 6. The van der Waals surface area contributed by atoms with Crippen molar-refractivity contribution in [3.63, 3.8) is 0 Å². The van der Waals surface area contributed by atoms with E-state index >= 15 is 0 Å². The molecule has 0 heterocycles. The van der Waals surface area contributed by atoms with E-state index in [1.54, 1.807) is 0 Å². The lowest BCUT2D eigenvalue weighted by molar-refractivity contribution is 1.15. The molecule has 0 bridgehead atoms. The third-order valence-corrected chi connectivity index (χ3v) is 5.20. The van der Waals surface area contributed by atoms with Gasteiger partial charge in [0.15, 0.2) is 0 Å². The zero-order valence-corrected chi connectivity index (χ0v) is 13.3. The van der Waals surface area contributed by atoms with Gasteiger partial charge in [-0.1, -0.05) is 61.5 Å². The maximum absolute atomic E-state index is 2.36. The molecule has 4 aromatic carbocycles. The molecule has 0 heteroatoms. The Hall–Kier alpha value is -2.60. The lowest BCUT2D eigenvalue weighted by Crippen LogP contribution is -1.86. The van der Waals surface area contributed by atoms with E-state index in [0.717, 1.165) is 12.8 Å². The van der Waals surface area contributed by atoms with Gasteiger partial charge in [0, 0.05) is 0 Å². The van der Waals surface area contributed by atoms with E-state index in [-0.39, 0.29) is 0 Å². The van der Waals surface area contributed by atoms with Crippen molar-refractivity contribution in [2.24, 2.45) is 0 Å². The molecule has 0 radical (unpaired) electrons. The fourth-order valence-corrected chi connectivity index (χ4v) is 3.90. The molecule has 1 aliphatic carbocycles. The molecule has 0 aliphatic heterocycles. The second kappa shape index (κ2) is 4.70. The Morgan fingerprint density at radius 2 is 1.61 bits per heavy atom. The van der Waals surface area contributed by atoms with Crippen LogP contribution < -0.4 is 0 Å². The van der Waals surface area contributed by atoms with E-state index in [1.807, 2.05) is 0 Å². The minimum absolute atomic E-state index is 1.07. The molecule has 0 amide bonds. The molecular weight excluding hydrogens is 276 g/mol. The second-order valence-corrected chi connectivity index (χ2v) is 6.51. The van der Waals surface area contributed by atoms with Crippen LogP contribution in [0.5, 0.6) is 0 Å². The van der Waals surface area contributed by atoms with Gasteiger partial charge < -0.3 is 0 Å². The molecule has 0 N–H and O–H groups in total. The first-order valence-corrected chi connectivity index (χ1v) is 8.41. The molecular formula is C23H18. The lowest BCUT2D eigenvalue weighted by Gasteiger charge is -2.10. The van der Waals surface area contributed by atoms with Crippen molar-refractivity contribution in [3.8, 4) is 0 Å². The summed E-state index contributed by atoms with van der Waals surface area (Å²) < 4.78 is 0. The molecule has 0 spiro atoms. The molecule has 5 rings (SSSR count). The first kappa shape index (κ1) is 12.9. The third kappa shape index (κ3) is 1.85. The molecule has 0 atom stereocenters. The summed E-state index contributed by atoms with van der Waals surface area (Å²) in [5.74, 6) is 0. The fraction of sp³-hybridized carbons (Fsp3) is 0.130. The van der Waals surface area contributed by atoms with Gasteiger partial charge in [0.05, 0.1) is 0 Å². The van der Waals surface area contributed by atoms with Crippen LogP contribution in [0, 0.1) is 0 Å². The standard InChI is InChI=1S/C23H18/c1-2-15-6-7-17-14-23-18(13-19(17)12-15)9-11-21-20-5-3-4-16(20)8-10-22(21)23/h3,5-14H,2,4H2,1H3. The predicted octanol–water partition coefficient (Wildman–Crippen LogP) is 6.28. The summed E-state index contributed by atoms with van der Waals surface area (Å²) in [4.78, 5) is 0. The fourth-order valence-electron chi connectivity index (χ4n) is 3.90. The van der Waals surface area contributed by atoms with Crippen molar-refractivity contribution in [1.82, 2.24) is 0 Å². The van der Waals surface area contributed by atoms with Gasteiger partial charge in [-0.2, -0.15) is 0 Å². The van der Waals surface area contributed by atoms with Gasteiger partial charge in [-0.15, -0.1) is 0 Å². The Kier molecular flexibility index (Phi) is 2.63. The van der Waals surface area contributed by atoms with Gasteiger partial charge in [0.2, 0.25) is 0 Å². The largest absolute Gasteiger partial charge is 0.0795 e. The van der Waals surface area contributed by atoms with E-state index < -0.39 is 0 Å². The number of aryl methyl sites for hydroxylation is 1. The highest BCUT2D eigenvalue weighted by atomic mass is 14.1. The number of rotatable bonds is 1. The number of benzene rings is 4. The van der Waals surface area contributed by atoms with E-state index in [2.05, 4.69) is 73.7 Å². The summed E-state index contributed by atoms with van der Waals surface area (Å²) in [5, 5.41) is 8.13. The van der Waals surface area contributed by atoms with Crippen LogP contribution in [0.25, 0.3) is 38.4 Å². The van der Waals surface area contributed by atoms with Crippen molar-refractivity contribution >= 4 is 38.4 Å². The van der Waals surface area contributed by atoms with E-state index in [0.29, 0.717) is 0 Å². The molecule has 0 aromatic heterocycles. The molecule has 0 saturated heterocycles. The summed E-state index contributed by atoms with van der Waals surface area (Å²) in [7, 11) is 0. The molecule has 4 aromatic rings. The number of hydrogen-bond acceptors (Lipinski definition) is 0. The van der Waals surface area contributed by atoms with Gasteiger partial charge in [-0.25, -0.2) is 0 Å². The Morgan fingerprint density at radius 3 is 2.52 bits per heavy atom. The monoisotopic (exact) mass is 294 g/mol. The zero-order chi connectivity index (χ0) is 15.4. The van der Waals surface area contributed by atoms with Crippen molar-refractivity contribution in [2.75, 3.05) is 0 Å². The van der Waals surface area contributed by atoms with Crippen LogP contribution in [0.3, 0.4) is 0 Å². The SMILES string of the molecule is CCc1ccc2cc3c(ccc4c5c(ccc43)CC=C5)cc2c1. The summed E-state index contributed by atoms with van der Waals surface area (Å²) in [6.45, 7) is 2.21. The summed E-state index contributed by atoms with van der Waals surface area (Å²) in [6, 6.07) is 20.7. The van der Waals surface area contributed by atoms with Gasteiger partial charge in [0.25, 0.3) is 0 Å². The highest BCUT2D eigenvalue weighted by molar-refractivity contribution is 6.14. The van der Waals surface area contributed by atoms with Crippen molar-refractivity contribution in [3.05, 3.63) is 77.4 Å². The van der Waals surface area contributed by atoms with Gasteiger partial charge in [-0.3, -0.25) is 0 Å². The Labute approximate surface area is 136 Å². The minimum Gasteiger partial charge on any atom is -0.0795 e. The first-order chi connectivity index (χ1) is 11.3. The maximum Gasteiger partial charge on any atom is -0.00879 e. The quantitative estimate of drug-likeness (QED) is 0.286. The molecule has 1 aliphatic rings. The average Bonchev–Trinajstić information content (AvgIpc) is 3.08. The van der Waals surface area contributed by atoms with Crippen molar-refractivity contribution in [2.45, 2.75) is 19.8 Å². The molecule has 0 unspecified atom stereocenters. The summed E-state index contributed by atoms with van der Waals surface area (Å²) >= 11 is 0. The normalized spacial score (nSPS) is 13.3. The second-order valence-electron chi connectivity index (χ2n) is 6.51. The average molecular weight is 294 g/mol. The molecule has 110 valence electrons. The van der Waals surface area contributed by atoms with Crippen molar-refractivity contribution in [1.29, 1.82) is 0 Å². The van der Waals surface area contributed by atoms with E-state index in [1.165, 1.54) is 49.0 Å². The maximum atomic E-state index is 2.36. The third-order valence-electron chi connectivity index (χ3n) is 5.20. The highest BCUT2D eigenvalue weighted by Gasteiger charge is 2.11. The van der Waals surface area contributed by atoms with Gasteiger partial charge >= 0.3 is 0 Å². The van der Waals surface area contributed by atoms with Crippen LogP contribution in [-0.4, -0.2) is 0 Å². The summed E-state index contributed by atoms with van der Waals surface area (Å²) in [5.41, 5.74) is 4.26. The predicted molar refractivity (Wildman–Crippen MR) is 101 cm³/mol. The first-order valence-electron chi connectivity index (χ1n) is 8.41. The summed E-state index contributed by atoms with van der Waals surface area (Å²) in [6.07, 6.45) is 6.70. The van der Waals surface area contributed by atoms with Crippen molar-refractivity contribution < 1.29 is 0 Å². The Balaban J connectivity index is 1.90. The van der Waals surface area contributed by atoms with Gasteiger partial charge in [-0.05, 0) is 74.0 Å². The van der Waals surface area contributed by atoms with Crippen LogP contribution in [0.15, 0.2) is 60.7 Å². The van der Waals surface area contributed by atoms with Crippen LogP contribution in [-0.2, 0) is 12.8 Å². The number of hydrogen-bond donors (Lipinski definition) is 0. The topological polar surface area (TPSA) is 0 Å². The smallest absolute Gasteiger partial charge is 0.00879 e. The van der Waals surface area contributed by atoms with Gasteiger partial charge in [0.1, 0.15) is 0 Å². The highest BCUT2D eigenvalue weighted by Crippen LogP contribution is 2.35. The lowest BCUT2D eigenvalue weighted by atomic mass is 9.94. The number of allylic oxidation sites excluding steroid dienone is 1. The molecule has 0 fully saturated rings. The van der Waals surface area contributed by atoms with E-state index in [9.17, 15) is 0 Å². The van der Waals surface area contributed by atoms with E-state index in [4.69, 9.17) is 0 Å². The Bertz CT molecular complexity index is 1110. The minimum atomic E-state index is 1.07. The van der Waals surface area contributed by atoms with Crippen LogP contribution in [0.2, 0.25) is 0 Å². The molecule has 0 nitrogen and oxygen atoms in total.